The molecule has 2 aromatic rings. The van der Waals surface area contributed by atoms with E-state index in [1.165, 1.54) is 28.3 Å². The number of alkyl halides is 3. The minimum absolute atomic E-state index is 0.241. The van der Waals surface area contributed by atoms with Crippen molar-refractivity contribution in [2.75, 3.05) is 5.32 Å². The molecule has 0 spiro atoms. The van der Waals surface area contributed by atoms with Crippen LogP contribution in [0.1, 0.15) is 27.3 Å². The maximum absolute atomic E-state index is 12.1. The predicted octanol–water partition coefficient (Wildman–Crippen LogP) is 3.78. The Morgan fingerprint density at radius 2 is 1.95 bits per heavy atom. The summed E-state index contributed by atoms with van der Waals surface area (Å²) in [7, 11) is 0. The third-order valence-corrected chi connectivity index (χ3v) is 4.24. The molecule has 1 aliphatic rings. The molecule has 1 heterocycles. The van der Waals surface area contributed by atoms with Gasteiger partial charge in [0.25, 0.3) is 5.91 Å². The van der Waals surface area contributed by atoms with Gasteiger partial charge < -0.3 is 4.74 Å². The van der Waals surface area contributed by atoms with E-state index in [1.807, 2.05) is 0 Å². The molecular formula is C14H11F3N2O2S. The lowest BCUT2D eigenvalue weighted by molar-refractivity contribution is -0.274. The van der Waals surface area contributed by atoms with Crippen LogP contribution in [0.4, 0.5) is 18.3 Å². The van der Waals surface area contributed by atoms with Crippen LogP contribution >= 0.6 is 11.3 Å². The van der Waals surface area contributed by atoms with E-state index in [-0.39, 0.29) is 11.3 Å². The average Bonchev–Trinajstić information content (AvgIpc) is 2.98. The summed E-state index contributed by atoms with van der Waals surface area (Å²) in [5.41, 5.74) is 1.26. The Bertz CT molecular complexity index is 674. The van der Waals surface area contributed by atoms with E-state index in [1.54, 1.807) is 0 Å². The number of carbonyl (C=O) groups is 1. The van der Waals surface area contributed by atoms with Gasteiger partial charge in [0, 0.05) is 10.4 Å². The van der Waals surface area contributed by atoms with Crippen molar-refractivity contribution in [1.82, 2.24) is 4.98 Å². The van der Waals surface area contributed by atoms with E-state index in [0.717, 1.165) is 37.1 Å². The number of ether oxygens (including phenoxy) is 1. The van der Waals surface area contributed by atoms with Crippen molar-refractivity contribution in [2.45, 2.75) is 25.6 Å². The number of anilines is 1. The van der Waals surface area contributed by atoms with Crippen molar-refractivity contribution in [3.8, 4) is 5.75 Å². The number of benzene rings is 1. The molecule has 0 fully saturated rings. The van der Waals surface area contributed by atoms with E-state index in [2.05, 4.69) is 15.0 Å². The van der Waals surface area contributed by atoms with Crippen molar-refractivity contribution in [2.24, 2.45) is 0 Å². The highest BCUT2D eigenvalue weighted by Crippen LogP contribution is 2.30. The van der Waals surface area contributed by atoms with Crippen LogP contribution in [-0.4, -0.2) is 17.3 Å². The Morgan fingerprint density at radius 1 is 1.23 bits per heavy atom. The lowest BCUT2D eigenvalue weighted by atomic mass is 10.2. The number of hydrogen-bond acceptors (Lipinski definition) is 4. The van der Waals surface area contributed by atoms with Gasteiger partial charge in [-0.25, -0.2) is 4.98 Å². The second-order valence-electron chi connectivity index (χ2n) is 4.77. The number of thiazole rings is 1. The molecule has 22 heavy (non-hydrogen) atoms. The molecule has 3 rings (SSSR count). The first-order chi connectivity index (χ1) is 10.4. The number of amides is 1. The van der Waals surface area contributed by atoms with Crippen LogP contribution in [0.15, 0.2) is 24.3 Å². The van der Waals surface area contributed by atoms with E-state index in [0.29, 0.717) is 5.13 Å². The summed E-state index contributed by atoms with van der Waals surface area (Å²) in [6.45, 7) is 0. The molecule has 0 saturated carbocycles. The van der Waals surface area contributed by atoms with Crippen LogP contribution < -0.4 is 10.1 Å². The van der Waals surface area contributed by atoms with Crippen LogP contribution in [0, 0.1) is 0 Å². The van der Waals surface area contributed by atoms with Crippen LogP contribution in [0.3, 0.4) is 0 Å². The molecular weight excluding hydrogens is 317 g/mol. The SMILES string of the molecule is O=C(Nc1nc2c(s1)CCC2)c1ccc(OC(F)(F)F)cc1. The third-order valence-electron chi connectivity index (χ3n) is 3.17. The van der Waals surface area contributed by atoms with Crippen molar-refractivity contribution < 1.29 is 22.7 Å². The number of rotatable bonds is 3. The first-order valence-electron chi connectivity index (χ1n) is 6.56. The molecule has 0 aliphatic heterocycles. The van der Waals surface area contributed by atoms with Crippen LogP contribution in [0.2, 0.25) is 0 Å². The first kappa shape index (κ1) is 14.8. The van der Waals surface area contributed by atoms with Gasteiger partial charge in [-0.3, -0.25) is 10.1 Å². The minimum atomic E-state index is -4.74. The quantitative estimate of drug-likeness (QED) is 0.933. The summed E-state index contributed by atoms with van der Waals surface area (Å²) in [6.07, 6.45) is -1.76. The number of carbonyl (C=O) groups excluding carboxylic acids is 1. The Morgan fingerprint density at radius 3 is 2.59 bits per heavy atom. The molecule has 8 heteroatoms. The van der Waals surface area contributed by atoms with E-state index in [4.69, 9.17) is 0 Å². The fraction of sp³-hybridized carbons (Fsp3) is 0.286. The summed E-state index contributed by atoms with van der Waals surface area (Å²) in [4.78, 5) is 17.5. The molecule has 1 aromatic carbocycles. The number of aryl methyl sites for hydroxylation is 2. The second kappa shape index (κ2) is 5.60. The Balaban J connectivity index is 1.66. The van der Waals surface area contributed by atoms with Gasteiger partial charge >= 0.3 is 6.36 Å². The standard InChI is InChI=1S/C14H11F3N2O2S/c15-14(16,17)21-9-6-4-8(5-7-9)12(20)19-13-18-10-2-1-3-11(10)22-13/h4-7H,1-3H2,(H,18,19,20). The summed E-state index contributed by atoms with van der Waals surface area (Å²) in [6, 6.07) is 4.75. The highest BCUT2D eigenvalue weighted by atomic mass is 32.1. The van der Waals surface area contributed by atoms with Gasteiger partial charge in [0.2, 0.25) is 0 Å². The molecule has 4 nitrogen and oxygen atoms in total. The molecule has 0 saturated heterocycles. The molecule has 0 bridgehead atoms. The largest absolute Gasteiger partial charge is 0.573 e. The maximum atomic E-state index is 12.1. The second-order valence-corrected chi connectivity index (χ2v) is 5.85. The molecule has 0 unspecified atom stereocenters. The van der Waals surface area contributed by atoms with Crippen LogP contribution in [0.5, 0.6) is 5.75 Å². The lowest BCUT2D eigenvalue weighted by Crippen LogP contribution is -2.17. The molecule has 0 atom stereocenters. The van der Waals surface area contributed by atoms with Gasteiger partial charge in [0.05, 0.1) is 5.69 Å². The number of hydrogen-bond donors (Lipinski definition) is 1. The summed E-state index contributed by atoms with van der Waals surface area (Å²) < 4.78 is 39.9. The van der Waals surface area contributed by atoms with Gasteiger partial charge in [-0.2, -0.15) is 0 Å². The Hall–Kier alpha value is -2.09. The van der Waals surface area contributed by atoms with E-state index < -0.39 is 12.3 Å². The van der Waals surface area contributed by atoms with Crippen molar-refractivity contribution in [1.29, 1.82) is 0 Å². The molecule has 116 valence electrons. The number of aromatic nitrogens is 1. The zero-order chi connectivity index (χ0) is 15.7. The van der Waals surface area contributed by atoms with Crippen LogP contribution in [0.25, 0.3) is 0 Å². The zero-order valence-electron chi connectivity index (χ0n) is 11.2. The Kier molecular flexibility index (Phi) is 3.78. The fourth-order valence-corrected chi connectivity index (χ4v) is 3.27. The van der Waals surface area contributed by atoms with Crippen molar-refractivity contribution >= 4 is 22.4 Å². The average molecular weight is 328 g/mol. The number of nitrogens with one attached hydrogen (secondary N) is 1. The molecule has 1 aromatic heterocycles. The topological polar surface area (TPSA) is 51.2 Å². The van der Waals surface area contributed by atoms with Crippen molar-refractivity contribution in [3.63, 3.8) is 0 Å². The number of nitrogens with zero attached hydrogens (tertiary/aromatic N) is 1. The van der Waals surface area contributed by atoms with Crippen LogP contribution in [-0.2, 0) is 12.8 Å². The predicted molar refractivity (Wildman–Crippen MR) is 75.2 cm³/mol. The monoisotopic (exact) mass is 328 g/mol. The zero-order valence-corrected chi connectivity index (χ0v) is 12.1. The number of halogens is 3. The fourth-order valence-electron chi connectivity index (χ4n) is 2.22. The van der Waals surface area contributed by atoms with E-state index >= 15 is 0 Å². The smallest absolute Gasteiger partial charge is 0.406 e. The highest BCUT2D eigenvalue weighted by molar-refractivity contribution is 7.15. The first-order valence-corrected chi connectivity index (χ1v) is 7.38. The summed E-state index contributed by atoms with van der Waals surface area (Å²) in [5, 5.41) is 3.18. The molecule has 1 N–H and O–H groups in total. The minimum Gasteiger partial charge on any atom is -0.406 e. The van der Waals surface area contributed by atoms with E-state index in [9.17, 15) is 18.0 Å². The normalized spacial score (nSPS) is 13.8. The molecule has 1 amide bonds. The summed E-state index contributed by atoms with van der Waals surface area (Å²) in [5.74, 6) is -0.775. The van der Waals surface area contributed by atoms with Gasteiger partial charge in [-0.1, -0.05) is 0 Å². The Labute approximate surface area is 127 Å². The number of fused-ring (bicyclic) bond motifs is 1. The maximum Gasteiger partial charge on any atom is 0.573 e. The van der Waals surface area contributed by atoms with Gasteiger partial charge in [0.15, 0.2) is 5.13 Å². The molecule has 0 radical (unpaired) electrons. The third kappa shape index (κ3) is 3.38. The van der Waals surface area contributed by atoms with Gasteiger partial charge in [0.1, 0.15) is 5.75 Å². The lowest BCUT2D eigenvalue weighted by Gasteiger charge is -2.09. The van der Waals surface area contributed by atoms with Crippen molar-refractivity contribution in [3.05, 3.63) is 40.4 Å². The molecule has 1 aliphatic carbocycles. The highest BCUT2D eigenvalue weighted by Gasteiger charge is 2.31. The van der Waals surface area contributed by atoms with Gasteiger partial charge in [-0.15, -0.1) is 24.5 Å². The van der Waals surface area contributed by atoms with Gasteiger partial charge in [-0.05, 0) is 43.5 Å². The summed E-state index contributed by atoms with van der Waals surface area (Å²) >= 11 is 1.44.